The number of aryl methyl sites for hydroxylation is 3. The third-order valence-corrected chi connectivity index (χ3v) is 1.69. The Kier molecular flexibility index (Phi) is 5.49. The maximum absolute atomic E-state index is 8.12. The zero-order valence-electron chi connectivity index (χ0n) is 8.26. The van der Waals surface area contributed by atoms with Gasteiger partial charge < -0.3 is 0 Å². The van der Waals surface area contributed by atoms with Crippen LogP contribution >= 0.6 is 0 Å². The summed E-state index contributed by atoms with van der Waals surface area (Å²) in [6.07, 6.45) is 1.39. The summed E-state index contributed by atoms with van der Waals surface area (Å²) < 4.78 is 0. The molecule has 0 N–H and O–H groups in total. The molecule has 0 atom stereocenters. The van der Waals surface area contributed by atoms with Gasteiger partial charge in [0.25, 0.3) is 0 Å². The van der Waals surface area contributed by atoms with Crippen LogP contribution in [0.2, 0.25) is 0 Å². The van der Waals surface area contributed by atoms with Crippen molar-refractivity contribution in [2.75, 3.05) is 0 Å². The van der Waals surface area contributed by atoms with Crippen LogP contribution in [0.15, 0.2) is 18.2 Å². The zero-order chi connectivity index (χ0) is 10.3. The Morgan fingerprint density at radius 2 is 1.46 bits per heavy atom. The van der Waals surface area contributed by atoms with Crippen LogP contribution in [-0.2, 0) is 16.0 Å². The predicted octanol–water partition coefficient (Wildman–Crippen LogP) is 2.28. The Balaban J connectivity index is 0.000000424. The molecule has 1 aromatic carbocycles. The first-order valence-electron chi connectivity index (χ1n) is 4.20. The Labute approximate surface area is 78.6 Å². The molecule has 0 aliphatic heterocycles. The van der Waals surface area contributed by atoms with Crippen molar-refractivity contribution < 1.29 is 9.59 Å². The van der Waals surface area contributed by atoms with Crippen LogP contribution in [0.3, 0.4) is 0 Å². The van der Waals surface area contributed by atoms with Crippen molar-refractivity contribution in [1.82, 2.24) is 0 Å². The van der Waals surface area contributed by atoms with Crippen molar-refractivity contribution >= 4 is 6.15 Å². The van der Waals surface area contributed by atoms with Gasteiger partial charge in [-0.25, -0.2) is 0 Å². The van der Waals surface area contributed by atoms with Crippen LogP contribution in [0.1, 0.15) is 23.6 Å². The van der Waals surface area contributed by atoms with Crippen LogP contribution in [0, 0.1) is 13.8 Å². The Hall–Kier alpha value is -1.40. The second kappa shape index (κ2) is 6.15. The summed E-state index contributed by atoms with van der Waals surface area (Å²) in [5, 5.41) is 0. The first-order valence-corrected chi connectivity index (χ1v) is 4.20. The van der Waals surface area contributed by atoms with Crippen molar-refractivity contribution in [2.45, 2.75) is 27.2 Å². The molecule has 0 aromatic heterocycles. The maximum Gasteiger partial charge on any atom is 0.373 e. The van der Waals surface area contributed by atoms with Gasteiger partial charge in [0.05, 0.1) is 0 Å². The quantitative estimate of drug-likeness (QED) is 0.661. The lowest BCUT2D eigenvalue weighted by Gasteiger charge is -2.00. The molecule has 70 valence electrons. The van der Waals surface area contributed by atoms with Crippen molar-refractivity contribution in [3.05, 3.63) is 34.9 Å². The molecule has 1 aromatic rings. The molecular weight excluding hydrogens is 164 g/mol. The summed E-state index contributed by atoms with van der Waals surface area (Å²) in [5.41, 5.74) is 4.19. The van der Waals surface area contributed by atoms with Gasteiger partial charge in [-0.15, -0.1) is 0 Å². The van der Waals surface area contributed by atoms with E-state index in [9.17, 15) is 0 Å². The van der Waals surface area contributed by atoms with E-state index < -0.39 is 0 Å². The van der Waals surface area contributed by atoms with Gasteiger partial charge in [0.1, 0.15) is 0 Å². The molecule has 2 heteroatoms. The predicted molar refractivity (Wildman–Crippen MR) is 50.3 cm³/mol. The van der Waals surface area contributed by atoms with Gasteiger partial charge in [-0.3, -0.25) is 0 Å². The van der Waals surface area contributed by atoms with E-state index in [1.165, 1.54) is 16.7 Å². The lowest BCUT2D eigenvalue weighted by Crippen LogP contribution is -1.83. The molecule has 0 saturated heterocycles. The van der Waals surface area contributed by atoms with Crippen LogP contribution in [0.25, 0.3) is 0 Å². The molecule has 0 spiro atoms. The van der Waals surface area contributed by atoms with Gasteiger partial charge in [0.15, 0.2) is 0 Å². The van der Waals surface area contributed by atoms with Gasteiger partial charge in [-0.1, -0.05) is 36.2 Å². The Morgan fingerprint density at radius 1 is 1.08 bits per heavy atom. The van der Waals surface area contributed by atoms with Crippen LogP contribution in [0.5, 0.6) is 0 Å². The standard InChI is InChI=1S/C10H14.CO2/c1-4-10-6-8(2)5-9(3)7-10;2-1-3/h5-7H,4H2,1-3H3;. The van der Waals surface area contributed by atoms with E-state index in [-0.39, 0.29) is 6.15 Å². The van der Waals surface area contributed by atoms with Crippen LogP contribution in [-0.4, -0.2) is 6.15 Å². The molecule has 13 heavy (non-hydrogen) atoms. The average molecular weight is 178 g/mol. The fourth-order valence-corrected chi connectivity index (χ4v) is 1.27. The molecule has 0 fully saturated rings. The molecule has 0 saturated carbocycles. The van der Waals surface area contributed by atoms with E-state index in [0.29, 0.717) is 0 Å². The molecule has 0 amide bonds. The minimum Gasteiger partial charge on any atom is -0.186 e. The van der Waals surface area contributed by atoms with Crippen LogP contribution in [0.4, 0.5) is 0 Å². The summed E-state index contributed by atoms with van der Waals surface area (Å²) in [6.45, 7) is 6.48. The fraction of sp³-hybridized carbons (Fsp3) is 0.364. The monoisotopic (exact) mass is 178 g/mol. The lowest BCUT2D eigenvalue weighted by atomic mass is 10.1. The van der Waals surface area contributed by atoms with Crippen LogP contribution < -0.4 is 0 Å². The van der Waals surface area contributed by atoms with Crippen molar-refractivity contribution in [2.24, 2.45) is 0 Å². The first-order chi connectivity index (χ1) is 6.13. The summed E-state index contributed by atoms with van der Waals surface area (Å²) in [5.74, 6) is 0. The molecule has 0 bridgehead atoms. The first kappa shape index (κ1) is 11.6. The molecule has 0 unspecified atom stereocenters. The van der Waals surface area contributed by atoms with E-state index in [1.807, 2.05) is 0 Å². The van der Waals surface area contributed by atoms with Gasteiger partial charge in [0.2, 0.25) is 0 Å². The van der Waals surface area contributed by atoms with Gasteiger partial charge in [-0.05, 0) is 25.8 Å². The molecule has 1 rings (SSSR count). The molecule has 0 aliphatic rings. The highest BCUT2D eigenvalue weighted by Crippen LogP contribution is 2.08. The van der Waals surface area contributed by atoms with E-state index in [4.69, 9.17) is 9.59 Å². The summed E-state index contributed by atoms with van der Waals surface area (Å²) in [4.78, 5) is 16.2. The summed E-state index contributed by atoms with van der Waals surface area (Å²) in [6, 6.07) is 6.69. The van der Waals surface area contributed by atoms with Gasteiger partial charge >= 0.3 is 6.15 Å². The third-order valence-electron chi connectivity index (χ3n) is 1.69. The van der Waals surface area contributed by atoms with Crippen molar-refractivity contribution in [3.63, 3.8) is 0 Å². The van der Waals surface area contributed by atoms with E-state index >= 15 is 0 Å². The average Bonchev–Trinajstić information content (AvgIpc) is 2.04. The number of hydrogen-bond donors (Lipinski definition) is 0. The van der Waals surface area contributed by atoms with E-state index in [2.05, 4.69) is 39.0 Å². The highest BCUT2D eigenvalue weighted by atomic mass is 16.2. The molecular formula is C11H14O2. The highest BCUT2D eigenvalue weighted by Gasteiger charge is 1.91. The highest BCUT2D eigenvalue weighted by molar-refractivity contribution is 5.28. The normalized spacial score (nSPS) is 8.23. The number of carbonyl (C=O) groups excluding carboxylic acids is 2. The SMILES string of the molecule is CCc1cc(C)cc(C)c1.O=C=O. The summed E-state index contributed by atoms with van der Waals surface area (Å²) >= 11 is 0. The topological polar surface area (TPSA) is 34.1 Å². The molecule has 0 radical (unpaired) electrons. The van der Waals surface area contributed by atoms with Crippen molar-refractivity contribution in [1.29, 1.82) is 0 Å². The summed E-state index contributed by atoms with van der Waals surface area (Å²) in [7, 11) is 0. The Bertz CT molecular complexity index is 277. The van der Waals surface area contributed by atoms with E-state index in [0.717, 1.165) is 6.42 Å². The largest absolute Gasteiger partial charge is 0.373 e. The fourth-order valence-electron chi connectivity index (χ4n) is 1.27. The third kappa shape index (κ3) is 4.94. The molecule has 0 heterocycles. The number of hydrogen-bond acceptors (Lipinski definition) is 2. The second-order valence-electron chi connectivity index (χ2n) is 2.93. The second-order valence-corrected chi connectivity index (χ2v) is 2.93. The smallest absolute Gasteiger partial charge is 0.186 e. The Morgan fingerprint density at radius 3 is 1.77 bits per heavy atom. The lowest BCUT2D eigenvalue weighted by molar-refractivity contribution is -0.191. The minimum atomic E-state index is 0.250. The maximum atomic E-state index is 8.12. The van der Waals surface area contributed by atoms with Crippen molar-refractivity contribution in [3.8, 4) is 0 Å². The number of benzene rings is 1. The molecule has 0 aliphatic carbocycles. The van der Waals surface area contributed by atoms with Gasteiger partial charge in [0, 0.05) is 0 Å². The number of rotatable bonds is 1. The zero-order valence-corrected chi connectivity index (χ0v) is 8.26. The minimum absolute atomic E-state index is 0.250. The van der Waals surface area contributed by atoms with E-state index in [1.54, 1.807) is 0 Å². The van der Waals surface area contributed by atoms with Gasteiger partial charge in [-0.2, -0.15) is 9.59 Å². The molecule has 2 nitrogen and oxygen atoms in total.